The average molecular weight is 287 g/mol. The van der Waals surface area contributed by atoms with Crippen LogP contribution in [0.3, 0.4) is 0 Å². The molecule has 0 aromatic heterocycles. The maximum absolute atomic E-state index is 12.0. The van der Waals surface area contributed by atoms with E-state index >= 15 is 0 Å². The van der Waals surface area contributed by atoms with Gasteiger partial charge in [-0.15, -0.1) is 0 Å². The van der Waals surface area contributed by atoms with Crippen molar-refractivity contribution >= 4 is 15.8 Å². The summed E-state index contributed by atoms with van der Waals surface area (Å²) in [5.41, 5.74) is -6.63. The first-order chi connectivity index (χ1) is 8.04. The summed E-state index contributed by atoms with van der Waals surface area (Å²) in [6.07, 6.45) is 0. The van der Waals surface area contributed by atoms with Crippen molar-refractivity contribution in [1.82, 2.24) is 0 Å². The van der Waals surface area contributed by atoms with Crippen molar-refractivity contribution in [2.24, 2.45) is 0 Å². The second kappa shape index (κ2) is 4.33. The molecular weight excluding hydrogens is 283 g/mol. The van der Waals surface area contributed by atoms with Crippen LogP contribution in [0.4, 0.5) is 18.9 Å². The lowest BCUT2D eigenvalue weighted by molar-refractivity contribution is -0.385. The summed E-state index contributed by atoms with van der Waals surface area (Å²) in [5.74, 6) is -1.77. The van der Waals surface area contributed by atoms with Crippen LogP contribution in [-0.4, -0.2) is 24.0 Å². The zero-order valence-corrected chi connectivity index (χ0v) is 9.03. The number of nitrogens with zero attached hydrogens (tertiary/aromatic N) is 1. The number of hydrogen-bond donors (Lipinski definition) is 1. The second-order valence-corrected chi connectivity index (χ2v) is 4.43. The molecule has 1 aromatic rings. The third-order valence-electron chi connectivity index (χ3n) is 1.63. The first-order valence-electron chi connectivity index (χ1n) is 4.03. The maximum Gasteiger partial charge on any atom is 0.534 e. The van der Waals surface area contributed by atoms with Gasteiger partial charge in [-0.2, -0.15) is 21.6 Å². The lowest BCUT2D eigenvalue weighted by atomic mass is 10.3. The molecule has 18 heavy (non-hydrogen) atoms. The number of aromatic hydroxyl groups is 1. The molecule has 0 aliphatic rings. The van der Waals surface area contributed by atoms with Crippen LogP contribution in [0.25, 0.3) is 0 Å². The van der Waals surface area contributed by atoms with Gasteiger partial charge >= 0.3 is 21.3 Å². The topological polar surface area (TPSA) is 107 Å². The molecule has 0 heterocycles. The van der Waals surface area contributed by atoms with Gasteiger partial charge in [0.2, 0.25) is 0 Å². The fourth-order valence-electron chi connectivity index (χ4n) is 0.875. The number of benzene rings is 1. The molecule has 0 fully saturated rings. The fraction of sp³-hybridized carbons (Fsp3) is 0.143. The molecule has 11 heteroatoms. The number of nitro benzene ring substituents is 1. The Morgan fingerprint density at radius 3 is 2.33 bits per heavy atom. The number of hydrogen-bond acceptors (Lipinski definition) is 6. The monoisotopic (exact) mass is 287 g/mol. The van der Waals surface area contributed by atoms with Crippen LogP contribution in [0.2, 0.25) is 0 Å². The van der Waals surface area contributed by atoms with Crippen LogP contribution in [0.15, 0.2) is 18.2 Å². The lowest BCUT2D eigenvalue weighted by Gasteiger charge is -2.09. The summed E-state index contributed by atoms with van der Waals surface area (Å²) < 4.78 is 60.7. The van der Waals surface area contributed by atoms with Gasteiger partial charge in [0, 0.05) is 0 Å². The van der Waals surface area contributed by atoms with E-state index in [0.29, 0.717) is 18.2 Å². The molecule has 7 nitrogen and oxygen atoms in total. The molecule has 0 saturated heterocycles. The Morgan fingerprint density at radius 1 is 1.33 bits per heavy atom. The quantitative estimate of drug-likeness (QED) is 0.391. The van der Waals surface area contributed by atoms with Gasteiger partial charge in [-0.25, -0.2) is 0 Å². The molecule has 100 valence electrons. The summed E-state index contributed by atoms with van der Waals surface area (Å²) in [4.78, 5) is 9.25. The highest BCUT2D eigenvalue weighted by atomic mass is 32.2. The number of halogens is 3. The summed E-state index contributed by atoms with van der Waals surface area (Å²) >= 11 is 0. The Hall–Kier alpha value is -2.04. The van der Waals surface area contributed by atoms with Crippen molar-refractivity contribution in [2.75, 3.05) is 0 Å². The van der Waals surface area contributed by atoms with E-state index in [4.69, 9.17) is 5.11 Å². The van der Waals surface area contributed by atoms with Crippen molar-refractivity contribution in [3.63, 3.8) is 0 Å². The highest BCUT2D eigenvalue weighted by Crippen LogP contribution is 2.32. The third-order valence-corrected chi connectivity index (χ3v) is 2.61. The number of rotatable bonds is 3. The summed E-state index contributed by atoms with van der Waals surface area (Å²) in [6.45, 7) is 0. The Balaban J connectivity index is 3.15. The van der Waals surface area contributed by atoms with Crippen LogP contribution >= 0.6 is 0 Å². The number of phenolic OH excluding ortho intramolecular Hbond substituents is 1. The SMILES string of the molecule is O=[N+]([O-])c1cc(OS(=O)(=O)C(F)(F)F)ccc1O. The first-order valence-corrected chi connectivity index (χ1v) is 5.43. The van der Waals surface area contributed by atoms with Gasteiger partial charge in [-0.3, -0.25) is 10.1 Å². The van der Waals surface area contributed by atoms with Gasteiger partial charge in [-0.1, -0.05) is 0 Å². The van der Waals surface area contributed by atoms with Gasteiger partial charge < -0.3 is 9.29 Å². The Kier molecular flexibility index (Phi) is 3.37. The van der Waals surface area contributed by atoms with E-state index in [1.807, 2.05) is 0 Å². The summed E-state index contributed by atoms with van der Waals surface area (Å²) in [5, 5.41) is 19.3. The van der Waals surface area contributed by atoms with Crippen LogP contribution in [0, 0.1) is 10.1 Å². The van der Waals surface area contributed by atoms with Crippen molar-refractivity contribution in [1.29, 1.82) is 0 Å². The first kappa shape index (κ1) is 14.0. The van der Waals surface area contributed by atoms with E-state index in [0.717, 1.165) is 0 Å². The van der Waals surface area contributed by atoms with Gasteiger partial charge in [-0.05, 0) is 12.1 Å². The predicted octanol–water partition coefficient (Wildman–Crippen LogP) is 1.53. The summed E-state index contributed by atoms with van der Waals surface area (Å²) in [7, 11) is -5.91. The van der Waals surface area contributed by atoms with Crippen molar-refractivity contribution in [3.8, 4) is 11.5 Å². The van der Waals surface area contributed by atoms with Crippen LogP contribution in [0.1, 0.15) is 0 Å². The zero-order chi connectivity index (χ0) is 14.1. The molecule has 0 amide bonds. The lowest BCUT2D eigenvalue weighted by Crippen LogP contribution is -2.28. The van der Waals surface area contributed by atoms with Crippen molar-refractivity contribution in [2.45, 2.75) is 5.51 Å². The maximum atomic E-state index is 12.0. The zero-order valence-electron chi connectivity index (χ0n) is 8.21. The van der Waals surface area contributed by atoms with Gasteiger partial charge in [0.15, 0.2) is 5.75 Å². The average Bonchev–Trinajstić information content (AvgIpc) is 2.18. The van der Waals surface area contributed by atoms with Crippen molar-refractivity contribution < 1.29 is 35.8 Å². The highest BCUT2D eigenvalue weighted by Gasteiger charge is 2.48. The molecule has 0 unspecified atom stereocenters. The Bertz CT molecular complexity index is 581. The molecule has 0 aliphatic carbocycles. The molecule has 0 aliphatic heterocycles. The Labute approximate surface area is 97.7 Å². The molecule has 0 atom stereocenters. The highest BCUT2D eigenvalue weighted by molar-refractivity contribution is 7.87. The molecule has 0 saturated carbocycles. The third kappa shape index (κ3) is 2.80. The van der Waals surface area contributed by atoms with E-state index in [-0.39, 0.29) is 0 Å². The Morgan fingerprint density at radius 2 is 1.89 bits per heavy atom. The molecule has 1 aromatic carbocycles. The van der Waals surface area contributed by atoms with Gasteiger partial charge in [0.05, 0.1) is 11.0 Å². The largest absolute Gasteiger partial charge is 0.534 e. The minimum atomic E-state index is -5.91. The van der Waals surface area contributed by atoms with E-state index in [2.05, 4.69) is 4.18 Å². The van der Waals surface area contributed by atoms with Crippen LogP contribution in [0.5, 0.6) is 11.5 Å². The number of phenols is 1. The second-order valence-electron chi connectivity index (χ2n) is 2.89. The normalized spacial score (nSPS) is 12.2. The van der Waals surface area contributed by atoms with E-state index in [9.17, 15) is 31.7 Å². The molecular formula is C7H4F3NO6S. The van der Waals surface area contributed by atoms with Crippen LogP contribution < -0.4 is 4.18 Å². The smallest absolute Gasteiger partial charge is 0.502 e. The predicted molar refractivity (Wildman–Crippen MR) is 50.4 cm³/mol. The number of alkyl halides is 3. The molecule has 1 N–H and O–H groups in total. The standard InChI is InChI=1S/C7H4F3NO6S/c8-7(9,10)18(15,16)17-4-1-2-6(12)5(3-4)11(13)14/h1-3,12H. The van der Waals surface area contributed by atoms with Gasteiger partial charge in [0.1, 0.15) is 5.75 Å². The van der Waals surface area contributed by atoms with E-state index in [1.165, 1.54) is 0 Å². The summed E-state index contributed by atoms with van der Waals surface area (Å²) in [6, 6.07) is 1.64. The molecule has 0 spiro atoms. The molecule has 0 radical (unpaired) electrons. The van der Waals surface area contributed by atoms with Crippen LogP contribution in [-0.2, 0) is 10.1 Å². The van der Waals surface area contributed by atoms with Gasteiger partial charge in [0.25, 0.3) is 0 Å². The van der Waals surface area contributed by atoms with Crippen molar-refractivity contribution in [3.05, 3.63) is 28.3 Å². The molecule has 0 bridgehead atoms. The van der Waals surface area contributed by atoms with E-state index in [1.54, 1.807) is 0 Å². The minimum absolute atomic E-state index is 0.360. The molecule has 1 rings (SSSR count). The van der Waals surface area contributed by atoms with E-state index < -0.39 is 37.7 Å². The number of nitro groups is 1. The minimum Gasteiger partial charge on any atom is -0.502 e. The fourth-order valence-corrected chi connectivity index (χ4v) is 1.33.